The van der Waals surface area contributed by atoms with Crippen molar-refractivity contribution >= 4 is 22.4 Å². The molecule has 0 heterocycles. The SMILES string of the molecule is O=C(Cc1ccc([S@](=O)CC2CC2)cc1)Nc1ccc(C(O)(C(F)F)C(F)(F)F)cc1. The molecule has 1 aliphatic rings. The van der Waals surface area contributed by atoms with Gasteiger partial charge in [0.2, 0.25) is 11.5 Å². The maximum Gasteiger partial charge on any atom is 0.427 e. The molecule has 0 aromatic heterocycles. The van der Waals surface area contributed by atoms with Crippen LogP contribution in [0.4, 0.5) is 27.6 Å². The highest BCUT2D eigenvalue weighted by Gasteiger charge is 2.61. The smallest absolute Gasteiger partial charge is 0.372 e. The number of carbonyl (C=O) groups is 1. The zero-order chi connectivity index (χ0) is 22.8. The molecular weight excluding hydrogens is 441 g/mol. The minimum Gasteiger partial charge on any atom is -0.372 e. The summed E-state index contributed by atoms with van der Waals surface area (Å²) in [6.45, 7) is 0. The summed E-state index contributed by atoms with van der Waals surface area (Å²) >= 11 is 0. The van der Waals surface area contributed by atoms with Gasteiger partial charge in [0, 0.05) is 16.3 Å². The van der Waals surface area contributed by atoms with E-state index >= 15 is 0 Å². The van der Waals surface area contributed by atoms with Gasteiger partial charge in [-0.3, -0.25) is 9.00 Å². The molecular formula is C21H20F5NO3S. The average Bonchev–Trinajstić information content (AvgIpc) is 3.51. The molecule has 0 saturated heterocycles. The van der Waals surface area contributed by atoms with Crippen molar-refractivity contribution < 1.29 is 36.1 Å². The fraction of sp³-hybridized carbons (Fsp3) is 0.381. The maximum absolute atomic E-state index is 12.9. The number of aliphatic hydroxyl groups is 1. The minimum atomic E-state index is -5.57. The van der Waals surface area contributed by atoms with Gasteiger partial charge < -0.3 is 10.4 Å². The summed E-state index contributed by atoms with van der Waals surface area (Å²) in [5.74, 6) is 0.676. The Balaban J connectivity index is 1.61. The highest BCUT2D eigenvalue weighted by Crippen LogP contribution is 2.43. The lowest BCUT2D eigenvalue weighted by Crippen LogP contribution is -2.48. The van der Waals surface area contributed by atoms with E-state index in [1.165, 1.54) is 0 Å². The molecule has 1 unspecified atom stereocenters. The van der Waals surface area contributed by atoms with Crippen LogP contribution in [-0.2, 0) is 27.6 Å². The molecule has 1 aliphatic carbocycles. The number of hydrogen-bond donors (Lipinski definition) is 2. The summed E-state index contributed by atoms with van der Waals surface area (Å²) in [6.07, 6.45) is -7.48. The summed E-state index contributed by atoms with van der Waals surface area (Å²) in [4.78, 5) is 12.9. The van der Waals surface area contributed by atoms with Crippen molar-refractivity contribution in [3.63, 3.8) is 0 Å². The van der Waals surface area contributed by atoms with Gasteiger partial charge in [0.15, 0.2) is 0 Å². The third-order valence-corrected chi connectivity index (χ3v) is 6.56. The van der Waals surface area contributed by atoms with E-state index in [1.54, 1.807) is 24.3 Å². The van der Waals surface area contributed by atoms with Gasteiger partial charge in [0.05, 0.1) is 17.2 Å². The first kappa shape index (κ1) is 23.3. The lowest BCUT2D eigenvalue weighted by molar-refractivity contribution is -0.305. The summed E-state index contributed by atoms with van der Waals surface area (Å²) in [5.41, 5.74) is -4.58. The summed E-state index contributed by atoms with van der Waals surface area (Å²) in [5, 5.41) is 12.0. The minimum absolute atomic E-state index is 0.0409. The quantitative estimate of drug-likeness (QED) is 0.573. The van der Waals surface area contributed by atoms with Gasteiger partial charge in [-0.25, -0.2) is 8.78 Å². The Morgan fingerprint density at radius 3 is 2.13 bits per heavy atom. The van der Waals surface area contributed by atoms with E-state index in [9.17, 15) is 36.1 Å². The first-order chi connectivity index (χ1) is 14.5. The van der Waals surface area contributed by atoms with Crippen molar-refractivity contribution in [3.8, 4) is 0 Å². The number of nitrogens with one attached hydrogen (secondary N) is 1. The van der Waals surface area contributed by atoms with Crippen LogP contribution in [0.3, 0.4) is 0 Å². The average molecular weight is 461 g/mol. The van der Waals surface area contributed by atoms with Crippen molar-refractivity contribution in [1.29, 1.82) is 0 Å². The van der Waals surface area contributed by atoms with Gasteiger partial charge in [-0.15, -0.1) is 0 Å². The van der Waals surface area contributed by atoms with Gasteiger partial charge in [0.25, 0.3) is 6.43 Å². The molecule has 31 heavy (non-hydrogen) atoms. The van der Waals surface area contributed by atoms with E-state index in [2.05, 4.69) is 5.32 Å². The molecule has 0 aliphatic heterocycles. The van der Waals surface area contributed by atoms with Crippen molar-refractivity contribution in [1.82, 2.24) is 0 Å². The molecule has 4 nitrogen and oxygen atoms in total. The van der Waals surface area contributed by atoms with Crippen LogP contribution in [0.2, 0.25) is 0 Å². The molecule has 0 bridgehead atoms. The van der Waals surface area contributed by atoms with Gasteiger partial charge in [-0.2, -0.15) is 13.2 Å². The predicted molar refractivity (Wildman–Crippen MR) is 105 cm³/mol. The number of benzene rings is 2. The number of carbonyl (C=O) groups excluding carboxylic acids is 1. The van der Waals surface area contributed by atoms with Crippen molar-refractivity contribution in [2.45, 2.75) is 42.4 Å². The zero-order valence-electron chi connectivity index (χ0n) is 16.2. The van der Waals surface area contributed by atoms with Crippen LogP contribution in [0.5, 0.6) is 0 Å². The number of alkyl halides is 5. The number of halogens is 5. The Bertz CT molecular complexity index is 943. The highest BCUT2D eigenvalue weighted by molar-refractivity contribution is 7.85. The molecule has 168 valence electrons. The Labute approximate surface area is 177 Å². The summed E-state index contributed by atoms with van der Waals surface area (Å²) in [6, 6.07) is 10.1. The lowest BCUT2D eigenvalue weighted by Gasteiger charge is -2.30. The second kappa shape index (κ2) is 9.04. The van der Waals surface area contributed by atoms with Crippen molar-refractivity contribution in [2.75, 3.05) is 11.1 Å². The largest absolute Gasteiger partial charge is 0.427 e. The number of anilines is 1. The molecule has 10 heteroatoms. The van der Waals surface area contributed by atoms with E-state index in [0.717, 1.165) is 25.0 Å². The molecule has 0 radical (unpaired) electrons. The lowest BCUT2D eigenvalue weighted by atomic mass is 9.93. The Morgan fingerprint density at radius 1 is 1.06 bits per heavy atom. The first-order valence-corrected chi connectivity index (χ1v) is 10.8. The van der Waals surface area contributed by atoms with E-state index in [-0.39, 0.29) is 12.1 Å². The molecule has 3 rings (SSSR count). The van der Waals surface area contributed by atoms with Crippen LogP contribution in [0.1, 0.15) is 24.0 Å². The van der Waals surface area contributed by atoms with Crippen molar-refractivity contribution in [3.05, 3.63) is 59.7 Å². The monoisotopic (exact) mass is 461 g/mol. The predicted octanol–water partition coefficient (Wildman–Crippen LogP) is 4.40. The van der Waals surface area contributed by atoms with E-state index in [1.807, 2.05) is 0 Å². The molecule has 2 aromatic carbocycles. The standard InChI is InChI=1S/C21H20F5NO3S/c22-19(23)20(29,21(24,25)26)15-5-7-16(8-6-15)27-18(28)11-13-3-9-17(10-4-13)31(30)12-14-1-2-14/h3-10,14,19,29H,1-2,11-12H2,(H,27,28)/t20?,31-/m1/s1. The van der Waals surface area contributed by atoms with Gasteiger partial charge >= 0.3 is 6.18 Å². The fourth-order valence-corrected chi connectivity index (χ4v) is 4.36. The third kappa shape index (κ3) is 5.48. The molecule has 0 spiro atoms. The topological polar surface area (TPSA) is 66.4 Å². The maximum atomic E-state index is 12.9. The van der Waals surface area contributed by atoms with E-state index in [4.69, 9.17) is 0 Å². The Morgan fingerprint density at radius 2 is 1.65 bits per heavy atom. The van der Waals surface area contributed by atoms with Crippen molar-refractivity contribution in [2.24, 2.45) is 5.92 Å². The zero-order valence-corrected chi connectivity index (χ0v) is 17.0. The van der Waals surface area contributed by atoms with Gasteiger partial charge in [-0.05, 0) is 54.2 Å². The normalized spacial score (nSPS) is 17.3. The fourth-order valence-electron chi connectivity index (χ4n) is 2.97. The number of hydrogen-bond acceptors (Lipinski definition) is 3. The molecule has 1 amide bonds. The van der Waals surface area contributed by atoms with Crippen LogP contribution in [0.15, 0.2) is 53.4 Å². The van der Waals surface area contributed by atoms with Crippen LogP contribution in [-0.4, -0.2) is 33.6 Å². The van der Waals surface area contributed by atoms with Gasteiger partial charge in [0.1, 0.15) is 0 Å². The van der Waals surface area contributed by atoms with E-state index < -0.39 is 40.5 Å². The second-order valence-electron chi connectivity index (χ2n) is 7.47. The molecule has 2 atom stereocenters. The molecule has 2 aromatic rings. The van der Waals surface area contributed by atoms with Gasteiger partial charge in [-0.1, -0.05) is 24.3 Å². The summed E-state index contributed by atoms with van der Waals surface area (Å²) < 4.78 is 76.7. The second-order valence-corrected chi connectivity index (χ2v) is 8.96. The Hall–Kier alpha value is -2.33. The highest BCUT2D eigenvalue weighted by atomic mass is 32.2. The Kier molecular flexibility index (Phi) is 6.80. The van der Waals surface area contributed by atoms with Crippen LogP contribution >= 0.6 is 0 Å². The third-order valence-electron chi connectivity index (χ3n) is 4.99. The summed E-state index contributed by atoms with van der Waals surface area (Å²) in [7, 11) is -1.08. The van der Waals surface area contributed by atoms with Crippen LogP contribution in [0.25, 0.3) is 0 Å². The van der Waals surface area contributed by atoms with E-state index in [0.29, 0.717) is 34.3 Å². The molecule has 1 fully saturated rings. The van der Waals surface area contributed by atoms with Crippen LogP contribution < -0.4 is 5.32 Å². The number of rotatable bonds is 8. The first-order valence-electron chi connectivity index (χ1n) is 9.45. The number of amides is 1. The molecule has 2 N–H and O–H groups in total. The van der Waals surface area contributed by atoms with Crippen LogP contribution in [0, 0.1) is 5.92 Å². The molecule has 1 saturated carbocycles.